The molecule has 7 heteroatoms. The summed E-state index contributed by atoms with van der Waals surface area (Å²) < 4.78 is 5.70. The van der Waals surface area contributed by atoms with Crippen LogP contribution in [0.5, 0.6) is 0 Å². The molecular weight excluding hydrogens is 410 g/mol. The van der Waals surface area contributed by atoms with Gasteiger partial charge in [0.25, 0.3) is 0 Å². The Labute approximate surface area is 184 Å². The number of furan rings is 1. The van der Waals surface area contributed by atoms with E-state index in [9.17, 15) is 9.59 Å². The van der Waals surface area contributed by atoms with Gasteiger partial charge in [-0.05, 0) is 28.8 Å². The fraction of sp³-hybridized carbons (Fsp3) is 0.125. The van der Waals surface area contributed by atoms with Gasteiger partial charge in [0.05, 0.1) is 13.0 Å². The van der Waals surface area contributed by atoms with Crippen LogP contribution < -0.4 is 10.6 Å². The largest absolute Gasteiger partial charge is 0.458 e. The molecule has 2 aromatic carbocycles. The van der Waals surface area contributed by atoms with Gasteiger partial charge in [0.1, 0.15) is 11.5 Å². The highest BCUT2D eigenvalue weighted by Crippen LogP contribution is 2.27. The lowest BCUT2D eigenvalue weighted by Crippen LogP contribution is -2.18. The van der Waals surface area contributed by atoms with Crippen molar-refractivity contribution in [2.45, 2.75) is 19.9 Å². The van der Waals surface area contributed by atoms with Crippen molar-refractivity contribution in [3.8, 4) is 22.6 Å². The normalized spacial score (nSPS) is 10.6. The minimum absolute atomic E-state index is 0.119. The highest BCUT2D eigenvalue weighted by Gasteiger charge is 2.12. The summed E-state index contributed by atoms with van der Waals surface area (Å²) in [6.45, 7) is 1.78. The molecule has 0 aliphatic carbocycles. The summed E-state index contributed by atoms with van der Waals surface area (Å²) in [5.74, 6) is 0.988. The number of hydrogen-bond acceptors (Lipinski definition) is 5. The molecule has 2 N–H and O–H groups in total. The second-order valence-electron chi connectivity index (χ2n) is 7.00. The van der Waals surface area contributed by atoms with Gasteiger partial charge in [-0.3, -0.25) is 9.59 Å². The molecule has 0 radical (unpaired) electrons. The smallest absolute Gasteiger partial charge is 0.230 e. The van der Waals surface area contributed by atoms with E-state index in [4.69, 9.17) is 4.42 Å². The van der Waals surface area contributed by atoms with E-state index in [1.54, 1.807) is 12.1 Å². The molecule has 31 heavy (non-hydrogen) atoms. The van der Waals surface area contributed by atoms with Crippen LogP contribution in [0.25, 0.3) is 22.6 Å². The van der Waals surface area contributed by atoms with Crippen LogP contribution in [0.1, 0.15) is 18.2 Å². The number of nitrogens with zero attached hydrogens (tertiary/aromatic N) is 1. The summed E-state index contributed by atoms with van der Waals surface area (Å²) in [7, 11) is 0. The fourth-order valence-corrected chi connectivity index (χ4v) is 3.78. The van der Waals surface area contributed by atoms with Crippen LogP contribution >= 0.6 is 11.3 Å². The number of carbonyl (C=O) groups is 2. The van der Waals surface area contributed by atoms with Crippen LogP contribution in [0.15, 0.2) is 76.5 Å². The van der Waals surface area contributed by atoms with Crippen molar-refractivity contribution < 1.29 is 14.0 Å². The lowest BCUT2D eigenvalue weighted by molar-refractivity contribution is -0.119. The van der Waals surface area contributed by atoms with Crippen molar-refractivity contribution in [3.05, 3.63) is 83.4 Å². The van der Waals surface area contributed by atoms with Crippen LogP contribution in [-0.2, 0) is 22.6 Å². The van der Waals surface area contributed by atoms with E-state index in [0.717, 1.165) is 16.7 Å². The third-order valence-electron chi connectivity index (χ3n) is 4.60. The molecule has 0 aliphatic rings. The molecule has 2 aromatic heterocycles. The molecule has 0 spiro atoms. The Morgan fingerprint density at radius 3 is 2.45 bits per heavy atom. The van der Waals surface area contributed by atoms with Crippen molar-refractivity contribution >= 4 is 28.3 Å². The minimum atomic E-state index is -0.126. The van der Waals surface area contributed by atoms with Crippen LogP contribution in [0.3, 0.4) is 0 Å². The number of carbonyl (C=O) groups excluding carboxylic acids is 2. The first-order valence-electron chi connectivity index (χ1n) is 9.80. The average molecular weight is 432 g/mol. The number of anilines is 1. The molecule has 156 valence electrons. The van der Waals surface area contributed by atoms with E-state index in [1.807, 2.05) is 47.8 Å². The summed E-state index contributed by atoms with van der Waals surface area (Å²) in [6, 6.07) is 21.7. The van der Waals surface area contributed by atoms with Gasteiger partial charge >= 0.3 is 0 Å². The van der Waals surface area contributed by atoms with Gasteiger partial charge in [-0.2, -0.15) is 0 Å². The highest BCUT2D eigenvalue weighted by atomic mass is 32.1. The molecule has 0 unspecified atom stereocenters. The quantitative estimate of drug-likeness (QED) is 0.436. The monoisotopic (exact) mass is 431 g/mol. The molecule has 0 aliphatic heterocycles. The Kier molecular flexibility index (Phi) is 6.24. The zero-order chi connectivity index (χ0) is 21.6. The number of hydrogen-bond donors (Lipinski definition) is 2. The topological polar surface area (TPSA) is 84.2 Å². The molecule has 2 amide bonds. The first-order valence-corrected chi connectivity index (χ1v) is 10.7. The molecule has 0 saturated carbocycles. The maximum absolute atomic E-state index is 12.4. The van der Waals surface area contributed by atoms with Crippen molar-refractivity contribution in [2.75, 3.05) is 5.32 Å². The van der Waals surface area contributed by atoms with E-state index < -0.39 is 0 Å². The van der Waals surface area contributed by atoms with Gasteiger partial charge in [0.15, 0.2) is 10.9 Å². The molecule has 6 nitrogen and oxygen atoms in total. The standard InChI is InChI=1S/C24H21N3O3S/c1-16(28)25-14-20-11-12-22(30-20)21-15-31-24(26-21)27-23(29)13-17-7-9-19(10-8-17)18-5-3-2-4-6-18/h2-12,15H,13-14H2,1H3,(H,25,28)(H,26,27,29). The second-order valence-corrected chi connectivity index (χ2v) is 7.86. The van der Waals surface area contributed by atoms with Gasteiger partial charge in [-0.25, -0.2) is 4.98 Å². The van der Waals surface area contributed by atoms with E-state index in [2.05, 4.69) is 27.8 Å². The summed E-state index contributed by atoms with van der Waals surface area (Å²) in [5.41, 5.74) is 3.84. The predicted molar refractivity (Wildman–Crippen MR) is 122 cm³/mol. The zero-order valence-corrected chi connectivity index (χ0v) is 17.7. The Hall–Kier alpha value is -3.71. The highest BCUT2D eigenvalue weighted by molar-refractivity contribution is 7.14. The van der Waals surface area contributed by atoms with Gasteiger partial charge in [-0.15, -0.1) is 11.3 Å². The van der Waals surface area contributed by atoms with Crippen molar-refractivity contribution in [1.82, 2.24) is 10.3 Å². The van der Waals surface area contributed by atoms with Gasteiger partial charge in [0, 0.05) is 12.3 Å². The molecule has 0 bridgehead atoms. The van der Waals surface area contributed by atoms with E-state index in [0.29, 0.717) is 28.9 Å². The maximum atomic E-state index is 12.4. The fourth-order valence-electron chi connectivity index (χ4n) is 3.06. The van der Waals surface area contributed by atoms with Crippen LogP contribution in [0.4, 0.5) is 5.13 Å². The van der Waals surface area contributed by atoms with E-state index in [-0.39, 0.29) is 18.2 Å². The minimum Gasteiger partial charge on any atom is -0.458 e. The number of nitrogens with one attached hydrogen (secondary N) is 2. The number of rotatable bonds is 7. The van der Waals surface area contributed by atoms with Crippen LogP contribution in [0.2, 0.25) is 0 Å². The Bertz CT molecular complexity index is 1180. The third-order valence-corrected chi connectivity index (χ3v) is 5.36. The molecule has 0 fully saturated rings. The molecule has 0 saturated heterocycles. The van der Waals surface area contributed by atoms with E-state index in [1.165, 1.54) is 18.3 Å². The van der Waals surface area contributed by atoms with Crippen molar-refractivity contribution in [3.63, 3.8) is 0 Å². The maximum Gasteiger partial charge on any atom is 0.230 e. The molecule has 2 heterocycles. The average Bonchev–Trinajstić information content (AvgIpc) is 3.43. The SMILES string of the molecule is CC(=O)NCc1ccc(-c2csc(NC(=O)Cc3ccc(-c4ccccc4)cc3)n2)o1. The summed E-state index contributed by atoms with van der Waals surface area (Å²) >= 11 is 1.34. The zero-order valence-electron chi connectivity index (χ0n) is 16.9. The molecule has 4 aromatic rings. The number of benzene rings is 2. The first-order chi connectivity index (χ1) is 15.1. The van der Waals surface area contributed by atoms with Crippen molar-refractivity contribution in [2.24, 2.45) is 0 Å². The van der Waals surface area contributed by atoms with Gasteiger partial charge < -0.3 is 15.1 Å². The van der Waals surface area contributed by atoms with E-state index >= 15 is 0 Å². The Morgan fingerprint density at radius 1 is 0.968 bits per heavy atom. The second kappa shape index (κ2) is 9.40. The summed E-state index contributed by atoms with van der Waals surface area (Å²) in [4.78, 5) is 27.9. The third kappa shape index (κ3) is 5.46. The number of thiazole rings is 1. The first kappa shape index (κ1) is 20.6. The molecular formula is C24H21N3O3S. The predicted octanol–water partition coefficient (Wildman–Crippen LogP) is 4.89. The summed E-state index contributed by atoms with van der Waals surface area (Å²) in [5, 5.41) is 7.87. The Balaban J connectivity index is 1.34. The molecule has 4 rings (SSSR count). The van der Waals surface area contributed by atoms with Gasteiger partial charge in [0.2, 0.25) is 11.8 Å². The lowest BCUT2D eigenvalue weighted by Gasteiger charge is -2.05. The lowest BCUT2D eigenvalue weighted by atomic mass is 10.0. The number of amides is 2. The summed E-state index contributed by atoms with van der Waals surface area (Å²) in [6.07, 6.45) is 0.269. The Morgan fingerprint density at radius 2 is 1.71 bits per heavy atom. The number of aromatic nitrogens is 1. The van der Waals surface area contributed by atoms with Crippen LogP contribution in [-0.4, -0.2) is 16.8 Å². The van der Waals surface area contributed by atoms with Gasteiger partial charge in [-0.1, -0.05) is 54.6 Å². The van der Waals surface area contributed by atoms with Crippen LogP contribution in [0, 0.1) is 0 Å². The van der Waals surface area contributed by atoms with Crippen molar-refractivity contribution in [1.29, 1.82) is 0 Å². The molecule has 0 atom stereocenters.